The van der Waals surface area contributed by atoms with Gasteiger partial charge in [0.05, 0.1) is 22.0 Å². The number of aryl methyl sites for hydroxylation is 2. The molecule has 0 aliphatic carbocycles. The van der Waals surface area contributed by atoms with Gasteiger partial charge in [-0.05, 0) is 40.9 Å². The van der Waals surface area contributed by atoms with E-state index in [4.69, 9.17) is 0 Å². The molecule has 0 radical (unpaired) electrons. The molecule has 0 atom stereocenters. The van der Waals surface area contributed by atoms with E-state index < -0.39 is 4.92 Å². The van der Waals surface area contributed by atoms with Crippen LogP contribution in [0.15, 0.2) is 39.9 Å². The average Bonchev–Trinajstić information content (AvgIpc) is 2.53. The summed E-state index contributed by atoms with van der Waals surface area (Å²) in [7, 11) is 0. The topological polar surface area (TPSA) is 105 Å². The molecule has 0 aliphatic rings. The first kappa shape index (κ1) is 18.6. The highest BCUT2D eigenvalue weighted by Gasteiger charge is 2.13. The molecule has 0 heterocycles. The third-order valence-electron chi connectivity index (χ3n) is 3.53. The van der Waals surface area contributed by atoms with Gasteiger partial charge in [-0.2, -0.15) is 5.10 Å². The zero-order valence-corrected chi connectivity index (χ0v) is 15.2. The zero-order valence-electron chi connectivity index (χ0n) is 13.6. The molecule has 0 aromatic heterocycles. The summed E-state index contributed by atoms with van der Waals surface area (Å²) < 4.78 is 0.171. The van der Waals surface area contributed by atoms with Gasteiger partial charge in [-0.1, -0.05) is 23.8 Å². The number of benzene rings is 2. The van der Waals surface area contributed by atoms with Gasteiger partial charge in [0, 0.05) is 17.7 Å². The summed E-state index contributed by atoms with van der Waals surface area (Å²) in [6, 6.07) is 8.16. The second kappa shape index (κ2) is 7.89. The quantitative estimate of drug-likeness (QED) is 0.451. The van der Waals surface area contributed by atoms with E-state index in [1.165, 1.54) is 12.1 Å². The van der Waals surface area contributed by atoms with Crippen LogP contribution in [0.5, 0.6) is 5.75 Å². The number of halogens is 1. The number of rotatable bonds is 5. The van der Waals surface area contributed by atoms with E-state index in [0.717, 1.165) is 22.9 Å². The minimum Gasteiger partial charge on any atom is -0.506 e. The number of carbonyl (C=O) groups excluding carboxylic acids is 1. The third-order valence-corrected chi connectivity index (χ3v) is 4.13. The molecule has 0 aliphatic heterocycles. The number of hydrogen-bond acceptors (Lipinski definition) is 5. The summed E-state index contributed by atoms with van der Waals surface area (Å²) in [5, 5.41) is 24.5. The minimum atomic E-state index is -0.583. The summed E-state index contributed by atoms with van der Waals surface area (Å²) in [5.41, 5.74) is 5.29. The molecule has 0 unspecified atom stereocenters. The number of hydrogen-bond donors (Lipinski definition) is 2. The molecule has 2 aromatic rings. The molecule has 1 amide bonds. The van der Waals surface area contributed by atoms with Crippen LogP contribution < -0.4 is 5.43 Å². The Balaban J connectivity index is 2.08. The first-order chi connectivity index (χ1) is 11.8. The van der Waals surface area contributed by atoms with Crippen LogP contribution in [-0.4, -0.2) is 22.2 Å². The number of nitro groups is 1. The van der Waals surface area contributed by atoms with Gasteiger partial charge in [0.2, 0.25) is 5.91 Å². The molecule has 2 N–H and O–H groups in total. The number of hydrazone groups is 1. The first-order valence-corrected chi connectivity index (χ1v) is 8.12. The SMILES string of the molecule is Cc1ccc(CC(=O)N/N=C/c2cc([N+](=O)[O-])cc(Br)c2O)c(C)c1. The number of nitro benzene ring substituents is 1. The van der Waals surface area contributed by atoms with Crippen LogP contribution in [0.25, 0.3) is 0 Å². The Kier molecular flexibility index (Phi) is 5.87. The lowest BCUT2D eigenvalue weighted by atomic mass is 10.0. The van der Waals surface area contributed by atoms with Crippen molar-refractivity contribution in [2.24, 2.45) is 5.10 Å². The standard InChI is InChI=1S/C17H16BrN3O4/c1-10-3-4-12(11(2)5-10)7-16(22)20-19-9-13-6-14(21(24)25)8-15(18)17(13)23/h3-6,8-9,23H,7H2,1-2H3,(H,20,22)/b19-9+. The van der Waals surface area contributed by atoms with Crippen molar-refractivity contribution in [2.75, 3.05) is 0 Å². The van der Waals surface area contributed by atoms with E-state index in [-0.39, 0.29) is 33.8 Å². The average molecular weight is 406 g/mol. The minimum absolute atomic E-state index is 0.118. The smallest absolute Gasteiger partial charge is 0.271 e. The molecular weight excluding hydrogens is 390 g/mol. The largest absolute Gasteiger partial charge is 0.506 e. The highest BCUT2D eigenvalue weighted by molar-refractivity contribution is 9.10. The number of non-ortho nitro benzene ring substituents is 1. The van der Waals surface area contributed by atoms with Gasteiger partial charge in [-0.25, -0.2) is 5.43 Å². The molecule has 0 fully saturated rings. The highest BCUT2D eigenvalue weighted by atomic mass is 79.9. The number of phenolic OH excluding ortho intramolecular Hbond substituents is 1. The summed E-state index contributed by atoms with van der Waals surface area (Å²) >= 11 is 3.04. The molecule has 0 bridgehead atoms. The van der Waals surface area contributed by atoms with Gasteiger partial charge < -0.3 is 5.11 Å². The number of amides is 1. The highest BCUT2D eigenvalue weighted by Crippen LogP contribution is 2.31. The molecular formula is C17H16BrN3O4. The van der Waals surface area contributed by atoms with Gasteiger partial charge in [-0.15, -0.1) is 0 Å². The fourth-order valence-corrected chi connectivity index (χ4v) is 2.70. The Bertz CT molecular complexity index is 865. The van der Waals surface area contributed by atoms with Gasteiger partial charge >= 0.3 is 0 Å². The number of phenols is 1. The number of nitrogens with one attached hydrogen (secondary N) is 1. The lowest BCUT2D eigenvalue weighted by Crippen LogP contribution is -2.20. The third kappa shape index (κ3) is 4.87. The Labute approximate surface area is 152 Å². The predicted molar refractivity (Wildman–Crippen MR) is 97.8 cm³/mol. The van der Waals surface area contributed by atoms with Crippen LogP contribution in [0.1, 0.15) is 22.3 Å². The molecule has 2 rings (SSSR count). The van der Waals surface area contributed by atoms with E-state index in [1.807, 2.05) is 32.0 Å². The number of nitrogens with zero attached hydrogens (tertiary/aromatic N) is 2. The van der Waals surface area contributed by atoms with E-state index in [2.05, 4.69) is 26.5 Å². The first-order valence-electron chi connectivity index (χ1n) is 7.33. The monoisotopic (exact) mass is 405 g/mol. The van der Waals surface area contributed by atoms with Gasteiger partial charge in [0.1, 0.15) is 5.75 Å². The molecule has 130 valence electrons. The van der Waals surface area contributed by atoms with E-state index >= 15 is 0 Å². The summed E-state index contributed by atoms with van der Waals surface area (Å²) in [6.07, 6.45) is 1.32. The zero-order chi connectivity index (χ0) is 18.6. The molecule has 8 heteroatoms. The van der Waals surface area contributed by atoms with Gasteiger partial charge in [0.25, 0.3) is 5.69 Å². The van der Waals surface area contributed by atoms with Crippen LogP contribution in [0.3, 0.4) is 0 Å². The molecule has 0 spiro atoms. The van der Waals surface area contributed by atoms with E-state index in [9.17, 15) is 20.0 Å². The van der Waals surface area contributed by atoms with E-state index in [1.54, 1.807) is 0 Å². The second-order valence-corrected chi connectivity index (χ2v) is 6.38. The predicted octanol–water partition coefficient (Wildman–Crippen LogP) is 3.37. The maximum Gasteiger partial charge on any atom is 0.271 e. The van der Waals surface area contributed by atoms with Crippen molar-refractivity contribution in [3.05, 3.63) is 67.2 Å². The Morgan fingerprint density at radius 3 is 2.72 bits per heavy atom. The fraction of sp³-hybridized carbons (Fsp3) is 0.176. The van der Waals surface area contributed by atoms with Gasteiger partial charge in [-0.3, -0.25) is 14.9 Å². The molecule has 0 saturated heterocycles. The Morgan fingerprint density at radius 1 is 1.36 bits per heavy atom. The lowest BCUT2D eigenvalue weighted by molar-refractivity contribution is -0.385. The second-order valence-electron chi connectivity index (χ2n) is 5.52. The molecule has 0 saturated carbocycles. The van der Waals surface area contributed by atoms with Crippen molar-refractivity contribution in [1.82, 2.24) is 5.43 Å². The number of aromatic hydroxyl groups is 1. The summed E-state index contributed by atoms with van der Waals surface area (Å²) in [4.78, 5) is 22.2. The van der Waals surface area contributed by atoms with Crippen molar-refractivity contribution < 1.29 is 14.8 Å². The Hall–Kier alpha value is -2.74. The van der Waals surface area contributed by atoms with Crippen molar-refractivity contribution in [3.63, 3.8) is 0 Å². The normalized spacial score (nSPS) is 10.8. The van der Waals surface area contributed by atoms with Gasteiger partial charge in [0.15, 0.2) is 0 Å². The van der Waals surface area contributed by atoms with Crippen LogP contribution in [-0.2, 0) is 11.2 Å². The van der Waals surface area contributed by atoms with Crippen LogP contribution in [0, 0.1) is 24.0 Å². The van der Waals surface area contributed by atoms with Crippen molar-refractivity contribution in [2.45, 2.75) is 20.3 Å². The molecule has 2 aromatic carbocycles. The van der Waals surface area contributed by atoms with Crippen LogP contribution in [0.2, 0.25) is 0 Å². The van der Waals surface area contributed by atoms with Crippen molar-refractivity contribution in [3.8, 4) is 5.75 Å². The van der Waals surface area contributed by atoms with E-state index in [0.29, 0.717) is 0 Å². The summed E-state index contributed by atoms with van der Waals surface area (Å²) in [6.45, 7) is 3.91. The maximum absolute atomic E-state index is 12.0. The maximum atomic E-state index is 12.0. The van der Waals surface area contributed by atoms with Crippen molar-refractivity contribution >= 4 is 33.7 Å². The van der Waals surface area contributed by atoms with Crippen LogP contribution in [0.4, 0.5) is 5.69 Å². The summed E-state index contributed by atoms with van der Waals surface area (Å²) in [5.74, 6) is -0.523. The van der Waals surface area contributed by atoms with Crippen LogP contribution >= 0.6 is 15.9 Å². The Morgan fingerprint density at radius 2 is 2.08 bits per heavy atom. The van der Waals surface area contributed by atoms with Crippen molar-refractivity contribution in [1.29, 1.82) is 0 Å². The molecule has 25 heavy (non-hydrogen) atoms. The lowest BCUT2D eigenvalue weighted by Gasteiger charge is -2.06. The molecule has 7 nitrogen and oxygen atoms in total. The number of carbonyl (C=O) groups is 1. The fourth-order valence-electron chi connectivity index (χ4n) is 2.24.